The summed E-state index contributed by atoms with van der Waals surface area (Å²) in [5, 5.41) is 3.14. The predicted octanol–water partition coefficient (Wildman–Crippen LogP) is 4.12. The van der Waals surface area contributed by atoms with Gasteiger partial charge in [-0.15, -0.1) is 0 Å². The molecule has 1 amide bonds. The largest absolute Gasteiger partial charge is 0.497 e. The number of amides is 1. The summed E-state index contributed by atoms with van der Waals surface area (Å²) in [6.07, 6.45) is 0.157. The highest BCUT2D eigenvalue weighted by atomic mass is 35.5. The number of nitrogens with one attached hydrogen (secondary N) is 2. The third kappa shape index (κ3) is 6.50. The molecule has 2 N–H and O–H groups in total. The average molecular weight is 503 g/mol. The van der Waals surface area contributed by atoms with Gasteiger partial charge in [-0.25, -0.2) is 8.42 Å². The molecule has 9 heteroatoms. The highest BCUT2D eigenvalue weighted by Crippen LogP contribution is 2.27. The van der Waals surface area contributed by atoms with E-state index < -0.39 is 22.0 Å². The van der Waals surface area contributed by atoms with Crippen molar-refractivity contribution in [2.45, 2.75) is 30.3 Å². The molecule has 0 aliphatic heterocycles. The maximum Gasteiger partial charge on any atom is 0.245 e. The van der Waals surface area contributed by atoms with Gasteiger partial charge in [-0.3, -0.25) is 4.79 Å². The Bertz CT molecular complexity index is 1220. The number of hydrogen-bond donors (Lipinski definition) is 2. The molecule has 0 fully saturated rings. The molecule has 3 aromatic carbocycles. The van der Waals surface area contributed by atoms with Gasteiger partial charge in [0, 0.05) is 5.02 Å². The van der Waals surface area contributed by atoms with Crippen LogP contribution in [-0.4, -0.2) is 34.6 Å². The van der Waals surface area contributed by atoms with Crippen LogP contribution in [-0.2, 0) is 21.2 Å². The van der Waals surface area contributed by atoms with Gasteiger partial charge in [0.25, 0.3) is 0 Å². The van der Waals surface area contributed by atoms with Gasteiger partial charge in [-0.1, -0.05) is 54.1 Å². The average Bonchev–Trinajstić information content (AvgIpc) is 2.84. The minimum atomic E-state index is -4.14. The second-order valence-corrected chi connectivity index (χ2v) is 9.78. The van der Waals surface area contributed by atoms with Crippen molar-refractivity contribution in [3.05, 3.63) is 88.9 Å². The molecule has 0 radical (unpaired) electrons. The minimum absolute atomic E-state index is 0.127. The van der Waals surface area contributed by atoms with Gasteiger partial charge in [0.2, 0.25) is 15.9 Å². The molecule has 0 aromatic heterocycles. The van der Waals surface area contributed by atoms with E-state index in [1.54, 1.807) is 19.2 Å². The van der Waals surface area contributed by atoms with Gasteiger partial charge in [0.1, 0.15) is 22.4 Å². The monoisotopic (exact) mass is 502 g/mol. The molecule has 34 heavy (non-hydrogen) atoms. The van der Waals surface area contributed by atoms with Gasteiger partial charge in [0.15, 0.2) is 0 Å². The summed E-state index contributed by atoms with van der Waals surface area (Å²) in [6, 6.07) is 19.3. The number of methoxy groups -OCH3 is 2. The van der Waals surface area contributed by atoms with Crippen LogP contribution < -0.4 is 19.5 Å². The third-order valence-electron chi connectivity index (χ3n) is 5.29. The molecule has 180 valence electrons. The van der Waals surface area contributed by atoms with Crippen LogP contribution in [0, 0.1) is 0 Å². The fourth-order valence-corrected chi connectivity index (χ4v) is 5.07. The molecule has 3 aromatic rings. The number of ether oxygens (including phenoxy) is 2. The first-order chi connectivity index (χ1) is 16.2. The first-order valence-electron chi connectivity index (χ1n) is 10.6. The summed E-state index contributed by atoms with van der Waals surface area (Å²) in [5.74, 6) is 0.367. The minimum Gasteiger partial charge on any atom is -0.497 e. The first kappa shape index (κ1) is 25.6. The second kappa shape index (κ2) is 11.4. The highest BCUT2D eigenvalue weighted by molar-refractivity contribution is 7.89. The summed E-state index contributed by atoms with van der Waals surface area (Å²) >= 11 is 6.03. The molecule has 0 heterocycles. The lowest BCUT2D eigenvalue weighted by atomic mass is 10.0. The smallest absolute Gasteiger partial charge is 0.245 e. The number of hydrogen-bond acceptors (Lipinski definition) is 5. The lowest BCUT2D eigenvalue weighted by Crippen LogP contribution is -2.48. The standard InChI is InChI=1S/C25H27ClN2O5S/c1-17(19-9-12-21(32-2)13-10-19)27-25(29)22(15-18-7-5-4-6-8-18)28-34(30,31)24-16-20(26)11-14-23(24)33-3/h4-14,16-17,22,28H,15H2,1-3H3,(H,27,29)/t17-,22-/m0/s1. The van der Waals surface area contributed by atoms with Gasteiger partial charge >= 0.3 is 0 Å². The summed E-state index contributed by atoms with van der Waals surface area (Å²) in [4.78, 5) is 13.1. The number of carbonyl (C=O) groups is 1. The van der Waals surface area contributed by atoms with Crippen LogP contribution in [0.2, 0.25) is 5.02 Å². The van der Waals surface area contributed by atoms with Crippen molar-refractivity contribution in [3.63, 3.8) is 0 Å². The molecule has 2 atom stereocenters. The molecule has 0 saturated heterocycles. The lowest BCUT2D eigenvalue weighted by molar-refractivity contribution is -0.123. The Hall–Kier alpha value is -3.07. The quantitative estimate of drug-likeness (QED) is 0.435. The molecule has 0 saturated carbocycles. The fourth-order valence-electron chi connectivity index (χ4n) is 3.44. The fraction of sp³-hybridized carbons (Fsp3) is 0.240. The Labute approximate surface area is 205 Å². The zero-order valence-electron chi connectivity index (χ0n) is 19.1. The van der Waals surface area contributed by atoms with Crippen molar-refractivity contribution in [2.24, 2.45) is 0 Å². The van der Waals surface area contributed by atoms with Crippen LogP contribution in [0.15, 0.2) is 77.7 Å². The molecule has 0 spiro atoms. The van der Waals surface area contributed by atoms with Crippen molar-refractivity contribution in [3.8, 4) is 11.5 Å². The van der Waals surface area contributed by atoms with Crippen LogP contribution in [0.1, 0.15) is 24.1 Å². The summed E-state index contributed by atoms with van der Waals surface area (Å²) in [6.45, 7) is 1.83. The van der Waals surface area contributed by atoms with E-state index in [0.717, 1.165) is 11.1 Å². The number of benzene rings is 3. The van der Waals surface area contributed by atoms with Crippen molar-refractivity contribution in [1.82, 2.24) is 10.0 Å². The summed E-state index contributed by atoms with van der Waals surface area (Å²) < 4.78 is 39.4. The van der Waals surface area contributed by atoms with E-state index in [4.69, 9.17) is 21.1 Å². The molecular formula is C25H27ClN2O5S. The van der Waals surface area contributed by atoms with E-state index in [0.29, 0.717) is 5.75 Å². The Morgan fingerprint density at radius 2 is 1.65 bits per heavy atom. The Kier molecular flexibility index (Phi) is 8.55. The predicted molar refractivity (Wildman–Crippen MR) is 132 cm³/mol. The normalized spacial score (nSPS) is 13.1. The van der Waals surface area contributed by atoms with Gasteiger partial charge in [0.05, 0.1) is 20.3 Å². The maximum atomic E-state index is 13.3. The molecule has 7 nitrogen and oxygen atoms in total. The van der Waals surface area contributed by atoms with Crippen LogP contribution in [0.4, 0.5) is 0 Å². The van der Waals surface area contributed by atoms with Crippen LogP contribution in [0.3, 0.4) is 0 Å². The van der Waals surface area contributed by atoms with Crippen LogP contribution in [0.5, 0.6) is 11.5 Å². The number of carbonyl (C=O) groups excluding carboxylic acids is 1. The van der Waals surface area contributed by atoms with Crippen molar-refractivity contribution >= 4 is 27.5 Å². The molecule has 0 unspecified atom stereocenters. The molecule has 0 aliphatic carbocycles. The van der Waals surface area contributed by atoms with E-state index in [1.807, 2.05) is 49.4 Å². The molecular weight excluding hydrogens is 476 g/mol. The zero-order chi connectivity index (χ0) is 24.7. The van der Waals surface area contributed by atoms with Gasteiger partial charge in [-0.2, -0.15) is 4.72 Å². The molecule has 0 bridgehead atoms. The summed E-state index contributed by atoms with van der Waals surface area (Å²) in [7, 11) is -1.19. The van der Waals surface area contributed by atoms with E-state index in [9.17, 15) is 13.2 Å². The van der Waals surface area contributed by atoms with Crippen molar-refractivity contribution < 1.29 is 22.7 Å². The van der Waals surface area contributed by atoms with E-state index in [2.05, 4.69) is 10.0 Å². The number of halogens is 1. The Morgan fingerprint density at radius 3 is 2.26 bits per heavy atom. The number of sulfonamides is 1. The number of rotatable bonds is 10. The van der Waals surface area contributed by atoms with Gasteiger partial charge in [-0.05, 0) is 54.8 Å². The van der Waals surface area contributed by atoms with Crippen molar-refractivity contribution in [2.75, 3.05) is 14.2 Å². The van der Waals surface area contributed by atoms with E-state index >= 15 is 0 Å². The van der Waals surface area contributed by atoms with Gasteiger partial charge < -0.3 is 14.8 Å². The SMILES string of the molecule is COc1ccc([C@H](C)NC(=O)[C@H](Cc2ccccc2)NS(=O)(=O)c2cc(Cl)ccc2OC)cc1. The third-order valence-corrected chi connectivity index (χ3v) is 7.01. The first-order valence-corrected chi connectivity index (χ1v) is 12.4. The topological polar surface area (TPSA) is 93.7 Å². The zero-order valence-corrected chi connectivity index (χ0v) is 20.7. The maximum absolute atomic E-state index is 13.3. The van der Waals surface area contributed by atoms with E-state index in [1.165, 1.54) is 25.3 Å². The second-order valence-electron chi connectivity index (χ2n) is 7.66. The van der Waals surface area contributed by atoms with Crippen LogP contribution in [0.25, 0.3) is 0 Å². The summed E-state index contributed by atoms with van der Waals surface area (Å²) in [5.41, 5.74) is 1.66. The molecule has 0 aliphatic rings. The lowest BCUT2D eigenvalue weighted by Gasteiger charge is -2.22. The molecule has 3 rings (SSSR count). The Balaban J connectivity index is 1.87. The highest BCUT2D eigenvalue weighted by Gasteiger charge is 2.29. The van der Waals surface area contributed by atoms with E-state index in [-0.39, 0.29) is 28.1 Å². The van der Waals surface area contributed by atoms with Crippen molar-refractivity contribution in [1.29, 1.82) is 0 Å². The van der Waals surface area contributed by atoms with Crippen LogP contribution >= 0.6 is 11.6 Å². The Morgan fingerprint density at radius 1 is 0.971 bits per heavy atom.